The first-order chi connectivity index (χ1) is 21.1. The number of nitrogens with zero attached hydrogens (tertiary/aromatic N) is 2. The molecule has 0 fully saturated rings. The highest BCUT2D eigenvalue weighted by Gasteiger charge is 2.34. The van der Waals surface area contributed by atoms with Crippen LogP contribution >= 0.6 is 15.9 Å². The molecule has 0 unspecified atom stereocenters. The number of anilines is 1. The quantitative estimate of drug-likeness (QED) is 0.177. The fraction of sp³-hybridized carbons (Fsp3) is 0.257. The van der Waals surface area contributed by atoms with Gasteiger partial charge in [0.25, 0.3) is 10.0 Å². The maximum absolute atomic E-state index is 14.5. The van der Waals surface area contributed by atoms with Crippen molar-refractivity contribution in [3.05, 3.63) is 130 Å². The highest BCUT2D eigenvalue weighted by atomic mass is 79.9. The van der Waals surface area contributed by atoms with E-state index in [0.29, 0.717) is 12.2 Å². The van der Waals surface area contributed by atoms with Crippen LogP contribution in [0.15, 0.2) is 112 Å². The lowest BCUT2D eigenvalue weighted by Gasteiger charge is -2.34. The molecule has 0 saturated heterocycles. The highest BCUT2D eigenvalue weighted by molar-refractivity contribution is 9.10. The molecule has 0 aliphatic carbocycles. The molecule has 7 nitrogen and oxygen atoms in total. The SMILES string of the molecule is CCCNC(=O)[C@@H](Cc1ccccc1)N(Cc1cccc(Br)c1)C(=O)CN(c1ccc(C)c(C)c1)S(=O)(=O)c1ccccc1. The predicted octanol–water partition coefficient (Wildman–Crippen LogP) is 6.43. The van der Waals surface area contributed by atoms with Gasteiger partial charge in [-0.15, -0.1) is 0 Å². The highest BCUT2D eigenvalue weighted by Crippen LogP contribution is 2.27. The lowest BCUT2D eigenvalue weighted by Crippen LogP contribution is -2.53. The summed E-state index contributed by atoms with van der Waals surface area (Å²) in [6.07, 6.45) is 1.00. The number of carbonyl (C=O) groups excluding carboxylic acids is 2. The first kappa shape index (κ1) is 33.0. The van der Waals surface area contributed by atoms with E-state index in [-0.39, 0.29) is 23.8 Å². The molecule has 4 aromatic rings. The number of rotatable bonds is 13. The van der Waals surface area contributed by atoms with E-state index >= 15 is 0 Å². The summed E-state index contributed by atoms with van der Waals surface area (Å²) in [6.45, 7) is 5.90. The number of amides is 2. The molecular weight excluding hydrogens is 638 g/mol. The lowest BCUT2D eigenvalue weighted by atomic mass is 10.0. The number of sulfonamides is 1. The van der Waals surface area contributed by atoms with E-state index in [9.17, 15) is 18.0 Å². The van der Waals surface area contributed by atoms with Crippen molar-refractivity contribution in [2.45, 2.75) is 51.1 Å². The molecule has 0 heterocycles. The summed E-state index contributed by atoms with van der Waals surface area (Å²) >= 11 is 3.51. The summed E-state index contributed by atoms with van der Waals surface area (Å²) < 4.78 is 30.2. The van der Waals surface area contributed by atoms with Crippen molar-refractivity contribution in [1.29, 1.82) is 0 Å². The number of hydrogen-bond acceptors (Lipinski definition) is 4. The summed E-state index contributed by atoms with van der Waals surface area (Å²) in [4.78, 5) is 29.8. The van der Waals surface area contributed by atoms with Crippen molar-refractivity contribution >= 4 is 43.5 Å². The van der Waals surface area contributed by atoms with Crippen molar-refractivity contribution in [3.63, 3.8) is 0 Å². The van der Waals surface area contributed by atoms with Crippen LogP contribution in [-0.2, 0) is 32.6 Å². The van der Waals surface area contributed by atoms with Gasteiger partial charge < -0.3 is 10.2 Å². The standard InChI is InChI=1S/C35H38BrN3O4S/c1-4-20-37-35(41)33(23-28-12-7-5-8-13-28)38(24-29-14-11-15-30(36)22-29)34(40)25-39(31-19-18-26(2)27(3)21-31)44(42,43)32-16-9-6-10-17-32/h5-19,21-22,33H,4,20,23-25H2,1-3H3,(H,37,41)/t33-/m1/s1. The van der Waals surface area contributed by atoms with E-state index < -0.39 is 28.5 Å². The predicted molar refractivity (Wildman–Crippen MR) is 179 cm³/mol. The van der Waals surface area contributed by atoms with E-state index in [1.54, 1.807) is 30.3 Å². The first-order valence-corrected chi connectivity index (χ1v) is 16.8. The molecule has 0 saturated carbocycles. The molecular formula is C35H38BrN3O4S. The van der Waals surface area contributed by atoms with Gasteiger partial charge in [0.2, 0.25) is 11.8 Å². The number of nitrogens with one attached hydrogen (secondary N) is 1. The van der Waals surface area contributed by atoms with Crippen molar-refractivity contribution in [1.82, 2.24) is 10.2 Å². The van der Waals surface area contributed by atoms with Crippen LogP contribution in [0.3, 0.4) is 0 Å². The van der Waals surface area contributed by atoms with Crippen molar-refractivity contribution < 1.29 is 18.0 Å². The molecule has 0 aliphatic rings. The van der Waals surface area contributed by atoms with Gasteiger partial charge in [-0.1, -0.05) is 89.6 Å². The van der Waals surface area contributed by atoms with Gasteiger partial charge in [-0.05, 0) is 78.9 Å². The van der Waals surface area contributed by atoms with Gasteiger partial charge in [0.15, 0.2) is 0 Å². The third-order valence-electron chi connectivity index (χ3n) is 7.45. The molecule has 4 rings (SSSR count). The average molecular weight is 677 g/mol. The Kier molecular flexibility index (Phi) is 11.4. The van der Waals surface area contributed by atoms with Gasteiger partial charge in [0, 0.05) is 24.0 Å². The minimum Gasteiger partial charge on any atom is -0.354 e. The normalized spacial score (nSPS) is 11.9. The summed E-state index contributed by atoms with van der Waals surface area (Å²) in [5.41, 5.74) is 3.97. The van der Waals surface area contributed by atoms with Gasteiger partial charge in [-0.2, -0.15) is 0 Å². The minimum atomic E-state index is -4.13. The third-order valence-corrected chi connectivity index (χ3v) is 9.73. The number of carbonyl (C=O) groups is 2. The van der Waals surface area contributed by atoms with E-state index in [1.807, 2.05) is 81.4 Å². The van der Waals surface area contributed by atoms with Gasteiger partial charge in [0.1, 0.15) is 12.6 Å². The molecule has 0 bridgehead atoms. The molecule has 0 radical (unpaired) electrons. The largest absolute Gasteiger partial charge is 0.354 e. The fourth-order valence-corrected chi connectivity index (χ4v) is 6.75. The molecule has 4 aromatic carbocycles. The Morgan fingerprint density at radius 3 is 2.11 bits per heavy atom. The fourth-order valence-electron chi connectivity index (χ4n) is 4.88. The Morgan fingerprint density at radius 2 is 1.48 bits per heavy atom. The third kappa shape index (κ3) is 8.36. The van der Waals surface area contributed by atoms with Crippen LogP contribution in [0.5, 0.6) is 0 Å². The zero-order valence-electron chi connectivity index (χ0n) is 25.2. The molecule has 2 amide bonds. The average Bonchev–Trinajstić information content (AvgIpc) is 3.02. The molecule has 0 aliphatic heterocycles. The van der Waals surface area contributed by atoms with Crippen molar-refractivity contribution in [2.24, 2.45) is 0 Å². The van der Waals surface area contributed by atoms with Gasteiger partial charge in [0.05, 0.1) is 10.6 Å². The van der Waals surface area contributed by atoms with Crippen molar-refractivity contribution in [2.75, 3.05) is 17.4 Å². The van der Waals surface area contributed by atoms with Crippen LogP contribution in [0.2, 0.25) is 0 Å². The molecule has 44 heavy (non-hydrogen) atoms. The first-order valence-electron chi connectivity index (χ1n) is 14.6. The second kappa shape index (κ2) is 15.2. The summed E-state index contributed by atoms with van der Waals surface area (Å²) in [7, 11) is -4.13. The van der Waals surface area contributed by atoms with Crippen molar-refractivity contribution in [3.8, 4) is 0 Å². The van der Waals surface area contributed by atoms with Crippen LogP contribution in [0.25, 0.3) is 0 Å². The molecule has 230 valence electrons. The zero-order chi connectivity index (χ0) is 31.7. The smallest absolute Gasteiger partial charge is 0.264 e. The maximum atomic E-state index is 14.5. The number of aryl methyl sites for hydroxylation is 2. The van der Waals surface area contributed by atoms with E-state index in [2.05, 4.69) is 21.2 Å². The summed E-state index contributed by atoms with van der Waals surface area (Å²) in [5.74, 6) is -0.780. The molecule has 1 atom stereocenters. The van der Waals surface area contributed by atoms with E-state index in [4.69, 9.17) is 0 Å². The van der Waals surface area contributed by atoms with Gasteiger partial charge in [-0.25, -0.2) is 8.42 Å². The number of hydrogen-bond donors (Lipinski definition) is 1. The van der Waals surface area contributed by atoms with E-state index in [0.717, 1.165) is 37.5 Å². The Hall–Kier alpha value is -3.95. The maximum Gasteiger partial charge on any atom is 0.264 e. The van der Waals surface area contributed by atoms with E-state index in [1.165, 1.54) is 17.0 Å². The minimum absolute atomic E-state index is 0.0751. The Balaban J connectivity index is 1.81. The van der Waals surface area contributed by atoms with Crippen LogP contribution in [0, 0.1) is 13.8 Å². The molecule has 0 spiro atoms. The monoisotopic (exact) mass is 675 g/mol. The van der Waals surface area contributed by atoms with Crippen LogP contribution in [-0.4, -0.2) is 44.3 Å². The Labute approximate surface area is 269 Å². The van der Waals surface area contributed by atoms with Crippen LogP contribution in [0.4, 0.5) is 5.69 Å². The van der Waals surface area contributed by atoms with Gasteiger partial charge >= 0.3 is 0 Å². The van der Waals surface area contributed by atoms with Gasteiger partial charge in [-0.3, -0.25) is 13.9 Å². The van der Waals surface area contributed by atoms with Crippen LogP contribution in [0.1, 0.15) is 35.6 Å². The lowest BCUT2D eigenvalue weighted by molar-refractivity contribution is -0.140. The van der Waals surface area contributed by atoms with Crippen LogP contribution < -0.4 is 9.62 Å². The number of benzene rings is 4. The Bertz CT molecular complexity index is 1680. The second-order valence-electron chi connectivity index (χ2n) is 10.7. The topological polar surface area (TPSA) is 86.8 Å². The Morgan fingerprint density at radius 1 is 0.818 bits per heavy atom. The number of halogens is 1. The zero-order valence-corrected chi connectivity index (χ0v) is 27.6. The molecule has 9 heteroatoms. The summed E-state index contributed by atoms with van der Waals surface area (Å²) in [6, 6.07) is 29.6. The molecule has 0 aromatic heterocycles. The summed E-state index contributed by atoms with van der Waals surface area (Å²) in [5, 5.41) is 2.97. The molecule has 1 N–H and O–H groups in total. The second-order valence-corrected chi connectivity index (χ2v) is 13.5.